The van der Waals surface area contributed by atoms with E-state index in [2.05, 4.69) is 25.7 Å². The van der Waals surface area contributed by atoms with E-state index in [-0.39, 0.29) is 6.04 Å². The number of hydrogen-bond donors (Lipinski definition) is 2. The van der Waals surface area contributed by atoms with Gasteiger partial charge in [0.05, 0.1) is 0 Å². The predicted molar refractivity (Wildman–Crippen MR) is 59.8 cm³/mol. The quantitative estimate of drug-likeness (QED) is 0.469. The van der Waals surface area contributed by atoms with Crippen molar-refractivity contribution in [1.82, 2.24) is 5.32 Å². The van der Waals surface area contributed by atoms with E-state index in [9.17, 15) is 0 Å². The highest BCUT2D eigenvalue weighted by Crippen LogP contribution is 2.04. The van der Waals surface area contributed by atoms with Gasteiger partial charge in [0.2, 0.25) is 0 Å². The maximum absolute atomic E-state index is 5.84. The van der Waals surface area contributed by atoms with Crippen LogP contribution in [0.15, 0.2) is 12.2 Å². The van der Waals surface area contributed by atoms with Crippen molar-refractivity contribution in [2.75, 3.05) is 6.54 Å². The van der Waals surface area contributed by atoms with Gasteiger partial charge in [-0.25, -0.2) is 0 Å². The lowest BCUT2D eigenvalue weighted by Crippen LogP contribution is -2.25. The Hall–Kier alpha value is -0.340. The minimum atomic E-state index is 0.194. The van der Waals surface area contributed by atoms with Crippen LogP contribution in [0.4, 0.5) is 0 Å². The Bertz CT molecular complexity index is 141. The van der Waals surface area contributed by atoms with Crippen molar-refractivity contribution in [3.63, 3.8) is 0 Å². The first kappa shape index (κ1) is 12.7. The molecular weight excluding hydrogens is 160 g/mol. The average molecular weight is 184 g/mol. The molecule has 0 aliphatic heterocycles. The van der Waals surface area contributed by atoms with Gasteiger partial charge in [0, 0.05) is 12.1 Å². The van der Waals surface area contributed by atoms with Crippen LogP contribution in [0.2, 0.25) is 0 Å². The van der Waals surface area contributed by atoms with Gasteiger partial charge in [-0.05, 0) is 26.3 Å². The van der Waals surface area contributed by atoms with Crippen molar-refractivity contribution in [2.24, 2.45) is 5.73 Å². The van der Waals surface area contributed by atoms with Gasteiger partial charge in [0.25, 0.3) is 0 Å². The van der Waals surface area contributed by atoms with Gasteiger partial charge in [-0.15, -0.1) is 0 Å². The van der Waals surface area contributed by atoms with Crippen LogP contribution in [0.3, 0.4) is 0 Å². The van der Waals surface area contributed by atoms with Gasteiger partial charge in [0.15, 0.2) is 0 Å². The molecule has 0 fully saturated rings. The Morgan fingerprint density at radius 3 is 2.46 bits per heavy atom. The Kier molecular flexibility index (Phi) is 6.92. The fourth-order valence-corrected chi connectivity index (χ4v) is 1.13. The smallest absolute Gasteiger partial charge is 0.0248 e. The number of rotatable bonds is 7. The van der Waals surface area contributed by atoms with Crippen LogP contribution in [0, 0.1) is 0 Å². The molecule has 1 atom stereocenters. The molecule has 0 aliphatic rings. The summed E-state index contributed by atoms with van der Waals surface area (Å²) in [4.78, 5) is 0. The third kappa shape index (κ3) is 8.00. The summed E-state index contributed by atoms with van der Waals surface area (Å²) in [5, 5.41) is 3.39. The normalized spacial score (nSPS) is 13.3. The summed E-state index contributed by atoms with van der Waals surface area (Å²) in [7, 11) is 0. The molecule has 0 saturated carbocycles. The van der Waals surface area contributed by atoms with Crippen LogP contribution in [-0.2, 0) is 0 Å². The van der Waals surface area contributed by atoms with Gasteiger partial charge in [-0.3, -0.25) is 0 Å². The monoisotopic (exact) mass is 184 g/mol. The van der Waals surface area contributed by atoms with Crippen molar-refractivity contribution in [1.29, 1.82) is 0 Å². The summed E-state index contributed by atoms with van der Waals surface area (Å²) in [6.45, 7) is 11.3. The van der Waals surface area contributed by atoms with Crippen molar-refractivity contribution in [2.45, 2.75) is 52.1 Å². The Balaban J connectivity index is 3.21. The highest BCUT2D eigenvalue weighted by Gasteiger charge is 2.01. The summed E-state index contributed by atoms with van der Waals surface area (Å²) in [6.07, 6.45) is 3.46. The average Bonchev–Trinajstić information content (AvgIpc) is 2.02. The topological polar surface area (TPSA) is 38.0 Å². The summed E-state index contributed by atoms with van der Waals surface area (Å²) in [6, 6.07) is 0.786. The number of hydrogen-bond acceptors (Lipinski definition) is 2. The second-order valence-corrected chi connectivity index (χ2v) is 4.06. The first-order chi connectivity index (χ1) is 6.04. The van der Waals surface area contributed by atoms with Crippen molar-refractivity contribution >= 4 is 0 Å². The van der Waals surface area contributed by atoms with Crippen molar-refractivity contribution in [3.8, 4) is 0 Å². The van der Waals surface area contributed by atoms with Gasteiger partial charge in [-0.2, -0.15) is 0 Å². The van der Waals surface area contributed by atoms with Crippen LogP contribution in [0.5, 0.6) is 0 Å². The molecule has 78 valence electrons. The van der Waals surface area contributed by atoms with E-state index in [1.54, 1.807) is 0 Å². The molecule has 0 aliphatic carbocycles. The Morgan fingerprint density at radius 2 is 2.00 bits per heavy atom. The molecule has 13 heavy (non-hydrogen) atoms. The van der Waals surface area contributed by atoms with Gasteiger partial charge < -0.3 is 11.1 Å². The summed E-state index contributed by atoms with van der Waals surface area (Å²) in [5.41, 5.74) is 6.93. The molecule has 0 rings (SSSR count). The molecule has 2 heteroatoms. The van der Waals surface area contributed by atoms with E-state index in [1.807, 2.05) is 6.92 Å². The fourth-order valence-electron chi connectivity index (χ4n) is 1.13. The van der Waals surface area contributed by atoms with Crippen LogP contribution in [-0.4, -0.2) is 18.6 Å². The van der Waals surface area contributed by atoms with Crippen LogP contribution >= 0.6 is 0 Å². The zero-order valence-electron chi connectivity index (χ0n) is 9.27. The van der Waals surface area contributed by atoms with E-state index in [0.717, 1.165) is 18.5 Å². The Labute approximate surface area is 82.6 Å². The van der Waals surface area contributed by atoms with E-state index in [1.165, 1.54) is 12.8 Å². The number of nitrogens with one attached hydrogen (secondary N) is 1. The van der Waals surface area contributed by atoms with Gasteiger partial charge >= 0.3 is 0 Å². The van der Waals surface area contributed by atoms with Gasteiger partial charge in [-0.1, -0.05) is 32.4 Å². The number of unbranched alkanes of at least 4 members (excludes halogenated alkanes) is 1. The maximum atomic E-state index is 5.84. The van der Waals surface area contributed by atoms with E-state index >= 15 is 0 Å². The SMILES string of the molecule is C=C(C)C(N)CCCCNC(C)C. The minimum absolute atomic E-state index is 0.194. The molecule has 3 N–H and O–H groups in total. The maximum Gasteiger partial charge on any atom is 0.0248 e. The molecule has 0 radical (unpaired) electrons. The largest absolute Gasteiger partial charge is 0.324 e. The van der Waals surface area contributed by atoms with E-state index in [0.29, 0.717) is 6.04 Å². The molecule has 1 unspecified atom stereocenters. The third-order valence-electron chi connectivity index (χ3n) is 2.13. The van der Waals surface area contributed by atoms with Crippen molar-refractivity contribution in [3.05, 3.63) is 12.2 Å². The first-order valence-electron chi connectivity index (χ1n) is 5.18. The van der Waals surface area contributed by atoms with Crippen LogP contribution in [0.1, 0.15) is 40.0 Å². The van der Waals surface area contributed by atoms with E-state index < -0.39 is 0 Å². The predicted octanol–water partition coefficient (Wildman–Crippen LogP) is 2.06. The van der Waals surface area contributed by atoms with Crippen LogP contribution < -0.4 is 11.1 Å². The second-order valence-electron chi connectivity index (χ2n) is 4.06. The molecule has 0 aromatic carbocycles. The highest BCUT2D eigenvalue weighted by atomic mass is 14.9. The summed E-state index contributed by atoms with van der Waals surface area (Å²) >= 11 is 0. The van der Waals surface area contributed by atoms with Crippen LogP contribution in [0.25, 0.3) is 0 Å². The molecule has 2 nitrogen and oxygen atoms in total. The zero-order valence-corrected chi connectivity index (χ0v) is 9.27. The second kappa shape index (κ2) is 7.10. The minimum Gasteiger partial charge on any atom is -0.324 e. The molecule has 0 amide bonds. The molecule has 0 spiro atoms. The lowest BCUT2D eigenvalue weighted by molar-refractivity contribution is 0.535. The molecule has 0 bridgehead atoms. The Morgan fingerprint density at radius 1 is 1.38 bits per heavy atom. The van der Waals surface area contributed by atoms with Crippen molar-refractivity contribution < 1.29 is 0 Å². The lowest BCUT2D eigenvalue weighted by atomic mass is 10.0. The molecule has 0 saturated heterocycles. The standard InChI is InChI=1S/C11H24N2/c1-9(2)11(12)7-5-6-8-13-10(3)4/h10-11,13H,1,5-8,12H2,2-4H3. The lowest BCUT2D eigenvalue weighted by Gasteiger charge is -2.11. The molecule has 0 heterocycles. The summed E-state index contributed by atoms with van der Waals surface area (Å²) in [5.74, 6) is 0. The molecule has 0 aromatic heterocycles. The molecule has 0 aromatic rings. The first-order valence-corrected chi connectivity index (χ1v) is 5.18. The van der Waals surface area contributed by atoms with E-state index in [4.69, 9.17) is 5.73 Å². The number of nitrogens with two attached hydrogens (primary N) is 1. The molecular formula is C11H24N2. The zero-order chi connectivity index (χ0) is 10.3. The summed E-state index contributed by atoms with van der Waals surface area (Å²) < 4.78 is 0. The third-order valence-corrected chi connectivity index (χ3v) is 2.13. The fraction of sp³-hybridized carbons (Fsp3) is 0.818. The highest BCUT2D eigenvalue weighted by molar-refractivity contribution is 4.99. The van der Waals surface area contributed by atoms with Gasteiger partial charge in [0.1, 0.15) is 0 Å².